The normalized spacial score (nSPS) is 14.8. The van der Waals surface area contributed by atoms with E-state index in [0.717, 1.165) is 0 Å². The molecule has 1 aromatic rings. The van der Waals surface area contributed by atoms with Crippen molar-refractivity contribution in [2.75, 3.05) is 0 Å². The van der Waals surface area contributed by atoms with Gasteiger partial charge in [0.25, 0.3) is 0 Å². The summed E-state index contributed by atoms with van der Waals surface area (Å²) in [6, 6.07) is 4.84. The Morgan fingerprint density at radius 2 is 1.93 bits per heavy atom. The Balaban J connectivity index is 3.75. The van der Waals surface area contributed by atoms with E-state index in [1.54, 1.807) is 18.2 Å². The zero-order chi connectivity index (χ0) is 11.4. The maximum Gasteiger partial charge on any atom is 0.395 e. The number of hydrogen-bond acceptors (Lipinski definition) is 4. The first kappa shape index (κ1) is 11.5. The molecule has 0 unspecified atom stereocenters. The molecule has 0 spiro atoms. The zero-order valence-corrected chi connectivity index (χ0v) is 9.28. The van der Waals surface area contributed by atoms with Crippen molar-refractivity contribution in [3.05, 3.63) is 28.6 Å². The second kappa shape index (κ2) is 4.80. The van der Waals surface area contributed by atoms with Gasteiger partial charge in [-0.1, -0.05) is 12.1 Å². The van der Waals surface area contributed by atoms with E-state index in [-0.39, 0.29) is 17.3 Å². The van der Waals surface area contributed by atoms with Crippen LogP contribution in [0.5, 0.6) is 5.75 Å². The van der Waals surface area contributed by atoms with Gasteiger partial charge in [-0.15, -0.1) is 0 Å². The van der Waals surface area contributed by atoms with Gasteiger partial charge in [-0.3, -0.25) is 0 Å². The standard InChI is InChI=1S/C10H11O4P/c1-6(11)8-4-3-5-9(14-15-13)10(8)7(2)12/h3-5,11-12H,1-2H3. The second-order valence-corrected chi connectivity index (χ2v) is 3.35. The van der Waals surface area contributed by atoms with Crippen LogP contribution in [-0.2, 0) is 4.57 Å². The summed E-state index contributed by atoms with van der Waals surface area (Å²) in [6.07, 6.45) is 0. The Bertz CT molecular complexity index is 485. The van der Waals surface area contributed by atoms with Gasteiger partial charge in [0.15, 0.2) is 0 Å². The highest BCUT2D eigenvalue weighted by molar-refractivity contribution is 7.17. The van der Waals surface area contributed by atoms with Gasteiger partial charge < -0.3 is 14.7 Å². The molecule has 80 valence electrons. The van der Waals surface area contributed by atoms with Crippen molar-refractivity contribution < 1.29 is 19.3 Å². The highest BCUT2D eigenvalue weighted by Gasteiger charge is 2.03. The Labute approximate surface area is 88.4 Å². The first-order valence-electron chi connectivity index (χ1n) is 4.26. The van der Waals surface area contributed by atoms with Crippen LogP contribution in [-0.4, -0.2) is 10.2 Å². The maximum atomic E-state index is 10.3. The van der Waals surface area contributed by atoms with Gasteiger partial charge in [0.2, 0.25) is 0 Å². The van der Waals surface area contributed by atoms with Crippen LogP contribution in [0.25, 0.3) is 11.5 Å². The van der Waals surface area contributed by atoms with Crippen LogP contribution in [0.15, 0.2) is 18.2 Å². The summed E-state index contributed by atoms with van der Waals surface area (Å²) >= 11 is 0. The Hall–Kier alpha value is -1.54. The highest BCUT2D eigenvalue weighted by Crippen LogP contribution is 2.07. The Kier molecular flexibility index (Phi) is 3.69. The van der Waals surface area contributed by atoms with Crippen molar-refractivity contribution in [3.63, 3.8) is 0 Å². The molecule has 2 N–H and O–H groups in total. The molecular formula is C10H11O4P. The van der Waals surface area contributed by atoms with E-state index < -0.39 is 8.69 Å². The van der Waals surface area contributed by atoms with Crippen molar-refractivity contribution >= 4 is 20.2 Å². The first-order chi connectivity index (χ1) is 7.07. The van der Waals surface area contributed by atoms with E-state index in [2.05, 4.69) is 0 Å². The lowest BCUT2D eigenvalue weighted by atomic mass is 10.2. The molecule has 0 amide bonds. The predicted molar refractivity (Wildman–Crippen MR) is 57.3 cm³/mol. The van der Waals surface area contributed by atoms with Gasteiger partial charge in [0.1, 0.15) is 11.5 Å². The lowest BCUT2D eigenvalue weighted by molar-refractivity contribution is 0.483. The minimum Gasteiger partial charge on any atom is -0.512 e. The molecule has 0 fully saturated rings. The second-order valence-electron chi connectivity index (χ2n) is 3.02. The molecule has 1 rings (SSSR count). The van der Waals surface area contributed by atoms with E-state index in [1.165, 1.54) is 13.8 Å². The fraction of sp³-hybridized carbons (Fsp3) is 0.200. The molecule has 0 aliphatic carbocycles. The maximum absolute atomic E-state index is 10.3. The number of aliphatic hydroxyl groups is 2. The number of aliphatic hydroxyl groups excluding tert-OH is 2. The van der Waals surface area contributed by atoms with Gasteiger partial charge in [0, 0.05) is 5.22 Å². The fourth-order valence-electron chi connectivity index (χ4n) is 1.32. The summed E-state index contributed by atoms with van der Waals surface area (Å²) in [4.78, 5) is 0. The number of hydrogen-bond donors (Lipinski definition) is 2. The van der Waals surface area contributed by atoms with E-state index >= 15 is 0 Å². The molecule has 0 aliphatic rings. The molecule has 1 aromatic carbocycles. The van der Waals surface area contributed by atoms with E-state index in [0.29, 0.717) is 10.4 Å². The first-order valence-corrected chi connectivity index (χ1v) is 4.99. The molecule has 0 saturated heterocycles. The molecule has 0 bridgehead atoms. The van der Waals surface area contributed by atoms with Crippen LogP contribution >= 0.6 is 8.69 Å². The van der Waals surface area contributed by atoms with E-state index in [9.17, 15) is 14.8 Å². The zero-order valence-electron chi connectivity index (χ0n) is 8.39. The van der Waals surface area contributed by atoms with Crippen molar-refractivity contribution in [2.45, 2.75) is 13.8 Å². The quantitative estimate of drug-likeness (QED) is 0.752. The minimum absolute atomic E-state index is 0.00218. The molecule has 15 heavy (non-hydrogen) atoms. The molecule has 0 aromatic heterocycles. The average molecular weight is 226 g/mol. The van der Waals surface area contributed by atoms with Crippen LogP contribution in [0.3, 0.4) is 0 Å². The third-order valence-corrected chi connectivity index (χ3v) is 2.18. The van der Waals surface area contributed by atoms with Gasteiger partial charge in [-0.25, -0.2) is 4.57 Å². The SMILES string of the molecule is CC(O)=c1cccc(OP=O)c1=C(C)O. The molecule has 0 aliphatic heterocycles. The highest BCUT2D eigenvalue weighted by atomic mass is 31.1. The summed E-state index contributed by atoms with van der Waals surface area (Å²) in [5.41, 5.74) is 0. The topological polar surface area (TPSA) is 66.8 Å². The number of benzene rings is 1. The summed E-state index contributed by atoms with van der Waals surface area (Å²) < 4.78 is 15.1. The largest absolute Gasteiger partial charge is 0.512 e. The van der Waals surface area contributed by atoms with E-state index in [1.807, 2.05) is 0 Å². The Morgan fingerprint density at radius 3 is 2.40 bits per heavy atom. The van der Waals surface area contributed by atoms with Crippen molar-refractivity contribution in [1.82, 2.24) is 0 Å². The van der Waals surface area contributed by atoms with Crippen molar-refractivity contribution in [2.24, 2.45) is 0 Å². The molecule has 5 heteroatoms. The Morgan fingerprint density at radius 1 is 1.27 bits per heavy atom. The van der Waals surface area contributed by atoms with Crippen molar-refractivity contribution in [1.29, 1.82) is 0 Å². The van der Waals surface area contributed by atoms with E-state index in [4.69, 9.17) is 4.52 Å². The smallest absolute Gasteiger partial charge is 0.395 e. The molecule has 0 saturated carbocycles. The molecular weight excluding hydrogens is 215 g/mol. The van der Waals surface area contributed by atoms with Gasteiger partial charge in [-0.2, -0.15) is 0 Å². The van der Waals surface area contributed by atoms with Crippen LogP contribution in [0.1, 0.15) is 13.8 Å². The lowest BCUT2D eigenvalue weighted by Crippen LogP contribution is -2.29. The summed E-state index contributed by atoms with van der Waals surface area (Å²) in [7, 11) is -0.505. The van der Waals surface area contributed by atoms with Crippen LogP contribution in [0.4, 0.5) is 0 Å². The lowest BCUT2D eigenvalue weighted by Gasteiger charge is -2.01. The number of rotatable bonds is 2. The predicted octanol–water partition coefficient (Wildman–Crippen LogP) is 1.64. The summed E-state index contributed by atoms with van der Waals surface area (Å²) in [6.45, 7) is 2.97. The molecule has 0 radical (unpaired) electrons. The molecule has 4 nitrogen and oxygen atoms in total. The van der Waals surface area contributed by atoms with Crippen LogP contribution in [0, 0.1) is 0 Å². The van der Waals surface area contributed by atoms with Crippen LogP contribution in [0.2, 0.25) is 0 Å². The summed E-state index contributed by atoms with van der Waals surface area (Å²) in [5, 5.41) is 19.7. The third kappa shape index (κ3) is 2.48. The van der Waals surface area contributed by atoms with Gasteiger partial charge in [-0.05, 0) is 19.9 Å². The monoisotopic (exact) mass is 226 g/mol. The molecule has 0 atom stereocenters. The molecule has 0 heterocycles. The van der Waals surface area contributed by atoms with Crippen molar-refractivity contribution in [3.8, 4) is 5.75 Å². The fourth-order valence-corrected chi connectivity index (χ4v) is 1.55. The van der Waals surface area contributed by atoms with Crippen LogP contribution < -0.4 is 15.0 Å². The average Bonchev–Trinajstić information content (AvgIpc) is 2.17. The minimum atomic E-state index is -0.505. The van der Waals surface area contributed by atoms with Gasteiger partial charge in [0.05, 0.1) is 11.0 Å². The van der Waals surface area contributed by atoms with Gasteiger partial charge >= 0.3 is 8.69 Å². The third-order valence-electron chi connectivity index (χ3n) is 1.91. The summed E-state index contributed by atoms with van der Waals surface area (Å²) in [5.74, 6) is 0.321.